The number of thiocarbonyl (C=S) groups is 1. The summed E-state index contributed by atoms with van der Waals surface area (Å²) in [5.74, 6) is -0.580. The van der Waals surface area contributed by atoms with Crippen molar-refractivity contribution in [2.45, 2.75) is 18.6 Å². The van der Waals surface area contributed by atoms with E-state index in [0.717, 1.165) is 12.1 Å². The van der Waals surface area contributed by atoms with Crippen molar-refractivity contribution < 1.29 is 22.7 Å². The van der Waals surface area contributed by atoms with Crippen molar-refractivity contribution in [3.63, 3.8) is 0 Å². The molecule has 0 aliphatic heterocycles. The number of halogens is 3. The highest BCUT2D eigenvalue weighted by Gasteiger charge is 2.30. The van der Waals surface area contributed by atoms with E-state index in [9.17, 15) is 18.0 Å². The number of aromatic nitrogens is 1. The Balaban J connectivity index is 2.04. The third kappa shape index (κ3) is 5.68. The Labute approximate surface area is 151 Å². The molecule has 0 aliphatic carbocycles. The van der Waals surface area contributed by atoms with Crippen molar-refractivity contribution in [3.05, 3.63) is 47.0 Å². The third-order valence-corrected chi connectivity index (χ3v) is 4.07. The maximum absolute atomic E-state index is 12.6. The summed E-state index contributed by atoms with van der Waals surface area (Å²) in [4.78, 5) is 15.9. The SMILES string of the molecule is COC(=O)[C@H](Cc1ccc(C(F)(F)F)cc1)NC(=S)Nc1nccs1. The Hall–Kier alpha value is -2.20. The Morgan fingerprint density at radius 3 is 2.56 bits per heavy atom. The summed E-state index contributed by atoms with van der Waals surface area (Å²) in [7, 11) is 1.22. The van der Waals surface area contributed by atoms with Gasteiger partial charge in [0.15, 0.2) is 10.2 Å². The number of rotatable bonds is 5. The number of methoxy groups -OCH3 is 1. The van der Waals surface area contributed by atoms with Crippen molar-refractivity contribution >= 4 is 39.8 Å². The van der Waals surface area contributed by atoms with Crippen LogP contribution in [-0.4, -0.2) is 29.2 Å². The number of ether oxygens (including phenoxy) is 1. The first-order chi connectivity index (χ1) is 11.8. The van der Waals surface area contributed by atoms with Gasteiger partial charge in [-0.2, -0.15) is 13.2 Å². The van der Waals surface area contributed by atoms with Crippen LogP contribution in [0.5, 0.6) is 0 Å². The molecule has 1 aromatic carbocycles. The first-order valence-electron chi connectivity index (χ1n) is 7.00. The third-order valence-electron chi connectivity index (χ3n) is 3.16. The minimum absolute atomic E-state index is 0.116. The fourth-order valence-electron chi connectivity index (χ4n) is 1.98. The molecule has 1 heterocycles. The van der Waals surface area contributed by atoms with E-state index in [4.69, 9.17) is 17.0 Å². The van der Waals surface area contributed by atoms with Crippen LogP contribution in [0.4, 0.5) is 18.3 Å². The van der Waals surface area contributed by atoms with E-state index in [-0.39, 0.29) is 11.5 Å². The molecular formula is C15H14F3N3O2S2. The van der Waals surface area contributed by atoms with Gasteiger partial charge in [0, 0.05) is 18.0 Å². The summed E-state index contributed by atoms with van der Waals surface area (Å²) < 4.78 is 42.5. The summed E-state index contributed by atoms with van der Waals surface area (Å²) in [5, 5.41) is 8.08. The molecule has 25 heavy (non-hydrogen) atoms. The predicted molar refractivity (Wildman–Crippen MR) is 92.4 cm³/mol. The molecule has 0 aliphatic rings. The molecule has 0 saturated carbocycles. The monoisotopic (exact) mass is 389 g/mol. The van der Waals surface area contributed by atoms with E-state index >= 15 is 0 Å². The fraction of sp³-hybridized carbons (Fsp3) is 0.267. The normalized spacial score (nSPS) is 12.3. The van der Waals surface area contributed by atoms with Gasteiger partial charge in [0.05, 0.1) is 12.7 Å². The number of hydrogen-bond donors (Lipinski definition) is 2. The molecular weight excluding hydrogens is 375 g/mol. The minimum atomic E-state index is -4.41. The molecule has 5 nitrogen and oxygen atoms in total. The van der Waals surface area contributed by atoms with E-state index < -0.39 is 23.8 Å². The van der Waals surface area contributed by atoms with Gasteiger partial charge in [-0.3, -0.25) is 0 Å². The second kappa shape index (κ2) is 8.26. The minimum Gasteiger partial charge on any atom is -0.467 e. The lowest BCUT2D eigenvalue weighted by molar-refractivity contribution is -0.142. The molecule has 1 aromatic heterocycles. The molecule has 0 fully saturated rings. The molecule has 10 heteroatoms. The number of nitrogens with zero attached hydrogens (tertiary/aromatic N) is 1. The van der Waals surface area contributed by atoms with Gasteiger partial charge in [0.2, 0.25) is 0 Å². The Morgan fingerprint density at radius 2 is 2.04 bits per heavy atom. The highest BCUT2D eigenvalue weighted by Crippen LogP contribution is 2.29. The van der Waals surface area contributed by atoms with Crippen LogP contribution in [0.2, 0.25) is 0 Å². The summed E-state index contributed by atoms with van der Waals surface area (Å²) >= 11 is 6.45. The summed E-state index contributed by atoms with van der Waals surface area (Å²) in [5.41, 5.74) is -0.215. The zero-order valence-corrected chi connectivity index (χ0v) is 14.6. The number of hydrogen-bond acceptors (Lipinski definition) is 5. The lowest BCUT2D eigenvalue weighted by atomic mass is 10.0. The van der Waals surface area contributed by atoms with Gasteiger partial charge < -0.3 is 15.4 Å². The highest BCUT2D eigenvalue weighted by atomic mass is 32.1. The predicted octanol–water partition coefficient (Wildman–Crippen LogP) is 3.23. The second-order valence-electron chi connectivity index (χ2n) is 4.91. The van der Waals surface area contributed by atoms with Gasteiger partial charge in [-0.1, -0.05) is 12.1 Å². The van der Waals surface area contributed by atoms with Gasteiger partial charge in [-0.15, -0.1) is 11.3 Å². The van der Waals surface area contributed by atoms with Gasteiger partial charge in [0.25, 0.3) is 0 Å². The highest BCUT2D eigenvalue weighted by molar-refractivity contribution is 7.80. The van der Waals surface area contributed by atoms with Gasteiger partial charge in [0.1, 0.15) is 6.04 Å². The molecule has 0 bridgehead atoms. The first kappa shape index (κ1) is 19.1. The van der Waals surface area contributed by atoms with E-state index in [1.165, 1.54) is 30.6 Å². The molecule has 2 N–H and O–H groups in total. The average Bonchev–Trinajstić information content (AvgIpc) is 3.06. The number of anilines is 1. The Kier molecular flexibility index (Phi) is 6.32. The van der Waals surface area contributed by atoms with Crippen LogP contribution in [0.15, 0.2) is 35.8 Å². The molecule has 1 atom stereocenters. The lowest BCUT2D eigenvalue weighted by Gasteiger charge is -2.18. The number of carbonyl (C=O) groups excluding carboxylic acids is 1. The molecule has 0 amide bonds. The Morgan fingerprint density at radius 1 is 1.36 bits per heavy atom. The number of esters is 1. The van der Waals surface area contributed by atoms with Crippen LogP contribution in [-0.2, 0) is 22.1 Å². The van der Waals surface area contributed by atoms with E-state index in [1.54, 1.807) is 11.6 Å². The average molecular weight is 389 g/mol. The lowest BCUT2D eigenvalue weighted by Crippen LogP contribution is -2.44. The number of nitrogens with one attached hydrogen (secondary N) is 2. The van der Waals surface area contributed by atoms with E-state index in [1.807, 2.05) is 0 Å². The van der Waals surface area contributed by atoms with Gasteiger partial charge >= 0.3 is 12.1 Å². The molecule has 2 rings (SSSR count). The molecule has 0 spiro atoms. The van der Waals surface area contributed by atoms with E-state index in [0.29, 0.717) is 10.7 Å². The Bertz CT molecular complexity index is 719. The van der Waals surface area contributed by atoms with Crippen molar-refractivity contribution in [2.75, 3.05) is 12.4 Å². The van der Waals surface area contributed by atoms with Crippen LogP contribution >= 0.6 is 23.6 Å². The van der Waals surface area contributed by atoms with Gasteiger partial charge in [-0.05, 0) is 29.9 Å². The first-order valence-corrected chi connectivity index (χ1v) is 8.29. The fourth-order valence-corrected chi connectivity index (χ4v) is 2.81. The number of thiazole rings is 1. The van der Waals surface area contributed by atoms with Crippen molar-refractivity contribution in [1.29, 1.82) is 0 Å². The molecule has 0 radical (unpaired) electrons. The van der Waals surface area contributed by atoms with Crippen LogP contribution in [0.25, 0.3) is 0 Å². The summed E-state index contributed by atoms with van der Waals surface area (Å²) in [6.07, 6.45) is -2.70. The van der Waals surface area contributed by atoms with Crippen LogP contribution in [0.3, 0.4) is 0 Å². The molecule has 2 aromatic rings. The molecule has 0 saturated heterocycles. The maximum Gasteiger partial charge on any atom is 0.416 e. The number of alkyl halides is 3. The summed E-state index contributed by atoms with van der Waals surface area (Å²) in [6.45, 7) is 0. The zero-order chi connectivity index (χ0) is 18.4. The van der Waals surface area contributed by atoms with Crippen molar-refractivity contribution in [1.82, 2.24) is 10.3 Å². The van der Waals surface area contributed by atoms with E-state index in [2.05, 4.69) is 15.6 Å². The van der Waals surface area contributed by atoms with Crippen LogP contribution in [0.1, 0.15) is 11.1 Å². The number of benzene rings is 1. The largest absolute Gasteiger partial charge is 0.467 e. The number of carbonyl (C=O) groups is 1. The quantitative estimate of drug-likeness (QED) is 0.605. The molecule has 134 valence electrons. The maximum atomic E-state index is 12.6. The zero-order valence-electron chi connectivity index (χ0n) is 13.0. The second-order valence-corrected chi connectivity index (χ2v) is 6.21. The molecule has 0 unspecified atom stereocenters. The topological polar surface area (TPSA) is 63.2 Å². The van der Waals surface area contributed by atoms with Crippen molar-refractivity contribution in [2.24, 2.45) is 0 Å². The van der Waals surface area contributed by atoms with Crippen molar-refractivity contribution in [3.8, 4) is 0 Å². The summed E-state index contributed by atoms with van der Waals surface area (Å²) in [6, 6.07) is 3.72. The van der Waals surface area contributed by atoms with Gasteiger partial charge in [-0.25, -0.2) is 9.78 Å². The smallest absolute Gasteiger partial charge is 0.416 e. The van der Waals surface area contributed by atoms with Crippen LogP contribution < -0.4 is 10.6 Å². The van der Waals surface area contributed by atoms with Crippen LogP contribution in [0, 0.1) is 0 Å². The standard InChI is InChI=1S/C15H14F3N3O2S2/c1-23-12(22)11(20-13(24)21-14-19-6-7-25-14)8-9-2-4-10(5-3-9)15(16,17)18/h2-7,11H,8H2,1H3,(H2,19,20,21,24)/t11-/m0/s1.